The molecular weight excluding hydrogens is 336 g/mol. The molecule has 1 fully saturated rings. The molecule has 0 bridgehead atoms. The Labute approximate surface area is 159 Å². The van der Waals surface area contributed by atoms with E-state index in [1.807, 2.05) is 84.6 Å². The Bertz CT molecular complexity index is 926. The number of aromatic nitrogens is 1. The van der Waals surface area contributed by atoms with Crippen LogP contribution in [0.15, 0.2) is 72.8 Å². The fourth-order valence-electron chi connectivity index (χ4n) is 3.43. The predicted molar refractivity (Wildman–Crippen MR) is 105 cm³/mol. The van der Waals surface area contributed by atoms with E-state index < -0.39 is 0 Å². The van der Waals surface area contributed by atoms with Crippen LogP contribution in [0.5, 0.6) is 0 Å². The molecule has 1 saturated heterocycles. The SMILES string of the molecule is Cc1nc(-c2ccccc2)ccc1C(=O)N1CCOC(c2ccccc2)C1. The Kier molecular flexibility index (Phi) is 4.99. The lowest BCUT2D eigenvalue weighted by Crippen LogP contribution is -2.42. The first-order chi connectivity index (χ1) is 13.2. The zero-order valence-corrected chi connectivity index (χ0v) is 15.3. The first-order valence-corrected chi connectivity index (χ1v) is 9.21. The van der Waals surface area contributed by atoms with Crippen LogP contribution in [-0.4, -0.2) is 35.5 Å². The summed E-state index contributed by atoms with van der Waals surface area (Å²) in [6, 6.07) is 23.9. The van der Waals surface area contributed by atoms with Gasteiger partial charge in [-0.3, -0.25) is 9.78 Å². The molecule has 3 aromatic rings. The highest BCUT2D eigenvalue weighted by Gasteiger charge is 2.27. The second kappa shape index (κ2) is 7.72. The number of hydrogen-bond acceptors (Lipinski definition) is 3. The summed E-state index contributed by atoms with van der Waals surface area (Å²) < 4.78 is 5.88. The van der Waals surface area contributed by atoms with E-state index in [2.05, 4.69) is 4.98 Å². The van der Waals surface area contributed by atoms with Crippen LogP contribution < -0.4 is 0 Å². The van der Waals surface area contributed by atoms with Crippen LogP contribution in [0.4, 0.5) is 0 Å². The van der Waals surface area contributed by atoms with Gasteiger partial charge in [0.05, 0.1) is 30.1 Å². The molecule has 1 amide bonds. The van der Waals surface area contributed by atoms with E-state index in [-0.39, 0.29) is 12.0 Å². The molecule has 0 radical (unpaired) electrons. The quantitative estimate of drug-likeness (QED) is 0.702. The van der Waals surface area contributed by atoms with Gasteiger partial charge < -0.3 is 9.64 Å². The molecule has 0 aliphatic carbocycles. The number of benzene rings is 2. The number of rotatable bonds is 3. The van der Waals surface area contributed by atoms with Crippen LogP contribution in [0.25, 0.3) is 11.3 Å². The Morgan fingerprint density at radius 2 is 1.70 bits per heavy atom. The summed E-state index contributed by atoms with van der Waals surface area (Å²) in [6.45, 7) is 3.60. The minimum Gasteiger partial charge on any atom is -0.370 e. The normalized spacial score (nSPS) is 16.9. The fraction of sp³-hybridized carbons (Fsp3) is 0.217. The lowest BCUT2D eigenvalue weighted by atomic mass is 10.1. The summed E-state index contributed by atoms with van der Waals surface area (Å²) in [5.41, 5.74) is 4.45. The summed E-state index contributed by atoms with van der Waals surface area (Å²) in [6.07, 6.45) is -0.0826. The number of pyridine rings is 1. The number of ether oxygens (including phenoxy) is 1. The van der Waals surface area contributed by atoms with Crippen LogP contribution in [0, 0.1) is 6.92 Å². The van der Waals surface area contributed by atoms with Gasteiger partial charge in [0.2, 0.25) is 0 Å². The van der Waals surface area contributed by atoms with E-state index in [0.717, 1.165) is 22.5 Å². The molecule has 1 aliphatic rings. The van der Waals surface area contributed by atoms with Gasteiger partial charge >= 0.3 is 0 Å². The van der Waals surface area contributed by atoms with Gasteiger partial charge in [-0.25, -0.2) is 0 Å². The molecule has 136 valence electrons. The van der Waals surface area contributed by atoms with Gasteiger partial charge in [-0.15, -0.1) is 0 Å². The minimum atomic E-state index is -0.0826. The van der Waals surface area contributed by atoms with Crippen LogP contribution in [0.1, 0.15) is 27.7 Å². The van der Waals surface area contributed by atoms with E-state index in [9.17, 15) is 4.79 Å². The molecule has 4 heteroatoms. The van der Waals surface area contributed by atoms with Gasteiger partial charge in [0.15, 0.2) is 0 Å². The molecule has 0 N–H and O–H groups in total. The number of amides is 1. The smallest absolute Gasteiger partial charge is 0.255 e. The second-order valence-electron chi connectivity index (χ2n) is 6.72. The van der Waals surface area contributed by atoms with Crippen molar-refractivity contribution in [3.8, 4) is 11.3 Å². The topological polar surface area (TPSA) is 42.4 Å². The minimum absolute atomic E-state index is 0.0174. The zero-order valence-electron chi connectivity index (χ0n) is 15.3. The van der Waals surface area contributed by atoms with Crippen molar-refractivity contribution < 1.29 is 9.53 Å². The third-order valence-electron chi connectivity index (χ3n) is 4.91. The molecule has 0 spiro atoms. The van der Waals surface area contributed by atoms with Crippen molar-refractivity contribution in [1.82, 2.24) is 9.88 Å². The highest BCUT2D eigenvalue weighted by atomic mass is 16.5. The van der Waals surface area contributed by atoms with E-state index in [1.54, 1.807) is 0 Å². The third-order valence-corrected chi connectivity index (χ3v) is 4.91. The monoisotopic (exact) mass is 358 g/mol. The number of aryl methyl sites for hydroxylation is 1. The zero-order chi connectivity index (χ0) is 18.6. The Morgan fingerprint density at radius 3 is 2.41 bits per heavy atom. The molecule has 4 rings (SSSR count). The van der Waals surface area contributed by atoms with E-state index >= 15 is 0 Å². The average Bonchev–Trinajstić information content (AvgIpc) is 2.74. The van der Waals surface area contributed by atoms with Gasteiger partial charge in [0.1, 0.15) is 6.10 Å². The Morgan fingerprint density at radius 1 is 1.00 bits per heavy atom. The van der Waals surface area contributed by atoms with Crippen molar-refractivity contribution in [2.75, 3.05) is 19.7 Å². The van der Waals surface area contributed by atoms with Gasteiger partial charge in [0, 0.05) is 12.1 Å². The maximum Gasteiger partial charge on any atom is 0.255 e. The summed E-state index contributed by atoms with van der Waals surface area (Å²) in [7, 11) is 0. The summed E-state index contributed by atoms with van der Waals surface area (Å²) in [5, 5.41) is 0. The van der Waals surface area contributed by atoms with Crippen molar-refractivity contribution in [3.05, 3.63) is 89.6 Å². The number of nitrogens with zero attached hydrogens (tertiary/aromatic N) is 2. The first kappa shape index (κ1) is 17.4. The number of hydrogen-bond donors (Lipinski definition) is 0. The average molecular weight is 358 g/mol. The molecule has 2 aromatic carbocycles. The number of carbonyl (C=O) groups excluding carboxylic acids is 1. The molecule has 1 unspecified atom stereocenters. The third kappa shape index (κ3) is 3.76. The van der Waals surface area contributed by atoms with Crippen molar-refractivity contribution in [3.63, 3.8) is 0 Å². The van der Waals surface area contributed by atoms with Gasteiger partial charge in [-0.05, 0) is 24.6 Å². The van der Waals surface area contributed by atoms with Gasteiger partial charge in [0.25, 0.3) is 5.91 Å². The second-order valence-corrected chi connectivity index (χ2v) is 6.72. The van der Waals surface area contributed by atoms with Gasteiger partial charge in [-0.1, -0.05) is 60.7 Å². The summed E-state index contributed by atoms with van der Waals surface area (Å²) >= 11 is 0. The lowest BCUT2D eigenvalue weighted by molar-refractivity contribution is -0.0228. The predicted octanol–water partition coefficient (Wildman–Crippen LogP) is 4.27. The van der Waals surface area contributed by atoms with Crippen molar-refractivity contribution in [2.24, 2.45) is 0 Å². The Balaban J connectivity index is 1.54. The largest absolute Gasteiger partial charge is 0.370 e. The highest BCUT2D eigenvalue weighted by Crippen LogP contribution is 2.24. The lowest BCUT2D eigenvalue weighted by Gasteiger charge is -2.33. The van der Waals surface area contributed by atoms with E-state index in [4.69, 9.17) is 4.74 Å². The standard InChI is InChI=1S/C23H22N2O2/c1-17-20(12-13-21(24-17)18-8-4-2-5-9-18)23(26)25-14-15-27-22(16-25)19-10-6-3-7-11-19/h2-13,22H,14-16H2,1H3. The van der Waals surface area contributed by atoms with Crippen LogP contribution >= 0.6 is 0 Å². The van der Waals surface area contributed by atoms with Crippen molar-refractivity contribution in [1.29, 1.82) is 0 Å². The highest BCUT2D eigenvalue weighted by molar-refractivity contribution is 5.95. The van der Waals surface area contributed by atoms with Crippen molar-refractivity contribution >= 4 is 5.91 Å². The van der Waals surface area contributed by atoms with Crippen molar-refractivity contribution in [2.45, 2.75) is 13.0 Å². The van der Waals surface area contributed by atoms with E-state index in [0.29, 0.717) is 25.3 Å². The fourth-order valence-corrected chi connectivity index (χ4v) is 3.43. The molecule has 4 nitrogen and oxygen atoms in total. The number of morpholine rings is 1. The maximum absolute atomic E-state index is 13.1. The molecular formula is C23H22N2O2. The Hall–Kier alpha value is -2.98. The summed E-state index contributed by atoms with van der Waals surface area (Å²) in [5.74, 6) is 0.0174. The maximum atomic E-state index is 13.1. The van der Waals surface area contributed by atoms with E-state index in [1.165, 1.54) is 0 Å². The molecule has 2 heterocycles. The van der Waals surface area contributed by atoms with Crippen LogP contribution in [0.2, 0.25) is 0 Å². The molecule has 1 aliphatic heterocycles. The van der Waals surface area contributed by atoms with Crippen LogP contribution in [0.3, 0.4) is 0 Å². The van der Waals surface area contributed by atoms with Gasteiger partial charge in [-0.2, -0.15) is 0 Å². The molecule has 1 atom stereocenters. The first-order valence-electron chi connectivity index (χ1n) is 9.21. The molecule has 27 heavy (non-hydrogen) atoms. The molecule has 0 saturated carbocycles. The number of carbonyl (C=O) groups is 1. The van der Waals surface area contributed by atoms with Crippen LogP contribution in [-0.2, 0) is 4.74 Å². The molecule has 1 aromatic heterocycles. The summed E-state index contributed by atoms with van der Waals surface area (Å²) in [4.78, 5) is 19.6.